The van der Waals surface area contributed by atoms with E-state index in [1.165, 1.54) is 5.22 Å². The van der Waals surface area contributed by atoms with E-state index in [2.05, 4.69) is 29.3 Å². The maximum absolute atomic E-state index is 11.3. The number of pyridine rings is 1. The summed E-state index contributed by atoms with van der Waals surface area (Å²) >= 11 is 0. The molecule has 4 nitrogen and oxygen atoms in total. The molecule has 4 heteroatoms. The molecule has 2 heterocycles. The Bertz CT molecular complexity index is 1260. The number of nitrogens with zero attached hydrogens (tertiary/aromatic N) is 2. The van der Waals surface area contributed by atoms with Gasteiger partial charge in [-0.2, -0.15) is 0 Å². The Morgan fingerprint density at radius 3 is 2.75 bits per heavy atom. The fourth-order valence-corrected chi connectivity index (χ4v) is 3.44. The van der Waals surface area contributed by atoms with Crippen LogP contribution in [0.4, 0.5) is 5.69 Å². The van der Waals surface area contributed by atoms with Gasteiger partial charge in [-0.25, -0.2) is 14.8 Å². The van der Waals surface area contributed by atoms with Gasteiger partial charge in [0.2, 0.25) is 0 Å². The first-order valence-corrected chi connectivity index (χ1v) is 7.77. The number of carboxylic acid groups (broad SMARTS) is 1. The number of hydrogen-bond acceptors (Lipinski definition) is 3. The van der Waals surface area contributed by atoms with E-state index in [4.69, 9.17) is 4.98 Å². The first-order chi connectivity index (χ1) is 11.7. The largest absolute Gasteiger partial charge is 0.478 e. The van der Waals surface area contributed by atoms with Gasteiger partial charge in [-0.05, 0) is 34.7 Å². The summed E-state index contributed by atoms with van der Waals surface area (Å²) in [5, 5.41) is 12.7. The predicted octanol–water partition coefficient (Wildman–Crippen LogP) is 2.34. The molecule has 0 unspecified atom stereocenters. The lowest BCUT2D eigenvalue weighted by Crippen LogP contribution is -2.16. The lowest BCUT2D eigenvalue weighted by molar-refractivity contribution is 0.0697. The fourth-order valence-electron chi connectivity index (χ4n) is 3.44. The van der Waals surface area contributed by atoms with Crippen LogP contribution in [0.2, 0.25) is 0 Å². The first-order valence-electron chi connectivity index (χ1n) is 7.77. The van der Waals surface area contributed by atoms with E-state index in [0.29, 0.717) is 5.49 Å². The lowest BCUT2D eigenvalue weighted by atomic mass is 9.99. The number of carboxylic acids is 1. The van der Waals surface area contributed by atoms with Crippen molar-refractivity contribution in [3.05, 3.63) is 80.9 Å². The van der Waals surface area contributed by atoms with Gasteiger partial charge < -0.3 is 5.11 Å². The number of carbonyl (C=O) groups is 1. The zero-order chi connectivity index (χ0) is 16.3. The van der Waals surface area contributed by atoms with E-state index in [0.717, 1.165) is 39.4 Å². The minimum atomic E-state index is -0.933. The van der Waals surface area contributed by atoms with Gasteiger partial charge in [0.1, 0.15) is 0 Å². The average molecular weight is 312 g/mol. The highest BCUT2D eigenvalue weighted by Crippen LogP contribution is 2.33. The Kier molecular flexibility index (Phi) is 2.54. The van der Waals surface area contributed by atoms with E-state index < -0.39 is 5.97 Å². The lowest BCUT2D eigenvalue weighted by Gasteiger charge is -2.07. The number of fused-ring (bicyclic) bond motifs is 5. The molecule has 3 aromatic rings. The van der Waals surface area contributed by atoms with Crippen molar-refractivity contribution in [1.82, 2.24) is 4.98 Å². The van der Waals surface area contributed by atoms with Crippen LogP contribution in [0.5, 0.6) is 0 Å². The topological polar surface area (TPSA) is 62.5 Å². The van der Waals surface area contributed by atoms with E-state index in [9.17, 15) is 9.90 Å². The monoisotopic (exact) mass is 312 g/mol. The second kappa shape index (κ2) is 4.61. The van der Waals surface area contributed by atoms with Crippen molar-refractivity contribution >= 4 is 17.7 Å². The van der Waals surface area contributed by atoms with Crippen LogP contribution in [0.3, 0.4) is 0 Å². The maximum atomic E-state index is 11.3. The van der Waals surface area contributed by atoms with Crippen molar-refractivity contribution in [3.63, 3.8) is 0 Å². The molecule has 0 radical (unpaired) electrons. The van der Waals surface area contributed by atoms with Crippen LogP contribution >= 0.6 is 0 Å². The fraction of sp³-hybridized carbons (Fsp3) is 0.0500. The Morgan fingerprint density at radius 1 is 1.00 bits per heavy atom. The number of aromatic carboxylic acids is 1. The van der Waals surface area contributed by atoms with Crippen LogP contribution < -0.4 is 10.7 Å². The standard InChI is InChI=1S/C20H12N2O2/c23-20(24)12-6-8-17-14(9-12)16-10-15-13-4-2-1-3-11(13)5-7-18(15)22-19(16)21-17/h1-6,8-10H,7H2,(H,23,24). The van der Waals surface area contributed by atoms with Gasteiger partial charge in [0.25, 0.3) is 0 Å². The highest BCUT2D eigenvalue weighted by Gasteiger charge is 2.18. The first kappa shape index (κ1) is 13.2. The molecule has 0 saturated heterocycles. The van der Waals surface area contributed by atoms with Gasteiger partial charge in [-0.15, -0.1) is 0 Å². The summed E-state index contributed by atoms with van der Waals surface area (Å²) in [6.07, 6.45) is 2.97. The predicted molar refractivity (Wildman–Crippen MR) is 89.4 cm³/mol. The van der Waals surface area contributed by atoms with Crippen molar-refractivity contribution in [2.24, 2.45) is 4.99 Å². The van der Waals surface area contributed by atoms with Gasteiger partial charge in [-0.3, -0.25) is 0 Å². The van der Waals surface area contributed by atoms with Crippen LogP contribution in [0.1, 0.15) is 16.1 Å². The summed E-state index contributed by atoms with van der Waals surface area (Å²) in [6, 6.07) is 15.4. The van der Waals surface area contributed by atoms with Crippen molar-refractivity contribution < 1.29 is 9.90 Å². The summed E-state index contributed by atoms with van der Waals surface area (Å²) < 4.78 is 0. The van der Waals surface area contributed by atoms with Crippen LogP contribution in [0.25, 0.3) is 17.2 Å². The average Bonchev–Trinajstić information content (AvgIpc) is 2.96. The van der Waals surface area contributed by atoms with E-state index in [1.54, 1.807) is 18.2 Å². The Morgan fingerprint density at radius 2 is 1.88 bits per heavy atom. The van der Waals surface area contributed by atoms with Gasteiger partial charge in [0.05, 0.1) is 16.9 Å². The number of benzene rings is 2. The SMILES string of the molecule is O=C(O)c1ccc2c(c1)-c1cc3c(nc1=N2)CC=c1ccccc1=3. The van der Waals surface area contributed by atoms with Gasteiger partial charge >= 0.3 is 5.97 Å². The summed E-state index contributed by atoms with van der Waals surface area (Å²) in [5.41, 5.74) is 4.49. The molecule has 2 aliphatic rings. The molecular weight excluding hydrogens is 300 g/mol. The molecule has 0 atom stereocenters. The summed E-state index contributed by atoms with van der Waals surface area (Å²) in [7, 11) is 0. The Balaban J connectivity index is 1.89. The molecule has 0 amide bonds. The molecule has 0 fully saturated rings. The molecular formula is C20H12N2O2. The summed E-state index contributed by atoms with van der Waals surface area (Å²) in [6.45, 7) is 0. The third kappa shape index (κ3) is 1.77. The molecule has 114 valence electrons. The van der Waals surface area contributed by atoms with Gasteiger partial charge in [-0.1, -0.05) is 30.3 Å². The molecule has 1 N–H and O–H groups in total. The quantitative estimate of drug-likeness (QED) is 0.587. The molecule has 1 aromatic heterocycles. The third-order valence-electron chi connectivity index (χ3n) is 4.61. The van der Waals surface area contributed by atoms with Gasteiger partial charge in [0.15, 0.2) is 5.49 Å². The minimum Gasteiger partial charge on any atom is -0.478 e. The highest BCUT2D eigenvalue weighted by molar-refractivity contribution is 5.92. The number of aromatic nitrogens is 1. The highest BCUT2D eigenvalue weighted by atomic mass is 16.4. The third-order valence-corrected chi connectivity index (χ3v) is 4.61. The molecule has 2 aromatic carbocycles. The number of hydrogen-bond donors (Lipinski definition) is 1. The second-order valence-corrected chi connectivity index (χ2v) is 6.00. The molecule has 0 saturated carbocycles. The second-order valence-electron chi connectivity index (χ2n) is 6.00. The van der Waals surface area contributed by atoms with Crippen LogP contribution in [-0.2, 0) is 6.42 Å². The van der Waals surface area contributed by atoms with Crippen LogP contribution in [-0.4, -0.2) is 16.1 Å². The van der Waals surface area contributed by atoms with Crippen molar-refractivity contribution in [2.45, 2.75) is 6.42 Å². The Labute approximate surface area is 136 Å². The van der Waals surface area contributed by atoms with Crippen LogP contribution in [0, 0.1) is 10.4 Å². The van der Waals surface area contributed by atoms with E-state index >= 15 is 0 Å². The molecule has 24 heavy (non-hydrogen) atoms. The molecule has 0 bridgehead atoms. The van der Waals surface area contributed by atoms with Crippen molar-refractivity contribution in [2.75, 3.05) is 0 Å². The van der Waals surface area contributed by atoms with Gasteiger partial charge in [0, 0.05) is 22.8 Å². The zero-order valence-electron chi connectivity index (χ0n) is 12.7. The van der Waals surface area contributed by atoms with Crippen molar-refractivity contribution in [1.29, 1.82) is 0 Å². The molecule has 0 spiro atoms. The normalized spacial score (nSPS) is 13.0. The van der Waals surface area contributed by atoms with Crippen LogP contribution in [0.15, 0.2) is 53.5 Å². The zero-order valence-corrected chi connectivity index (χ0v) is 12.7. The number of rotatable bonds is 1. The molecule has 1 aliphatic carbocycles. The molecule has 1 aliphatic heterocycles. The summed E-state index contributed by atoms with van der Waals surface area (Å²) in [4.78, 5) is 20.6. The van der Waals surface area contributed by atoms with E-state index in [-0.39, 0.29) is 5.56 Å². The van der Waals surface area contributed by atoms with E-state index in [1.807, 2.05) is 12.1 Å². The van der Waals surface area contributed by atoms with Crippen molar-refractivity contribution in [3.8, 4) is 11.1 Å². The summed E-state index contributed by atoms with van der Waals surface area (Å²) in [5.74, 6) is -0.933. The molecule has 5 rings (SSSR count). The maximum Gasteiger partial charge on any atom is 0.335 e. The smallest absolute Gasteiger partial charge is 0.335 e. The minimum absolute atomic E-state index is 0.267. The Hall–Kier alpha value is -3.27.